The number of fused-ring (bicyclic) bond motifs is 1. The Hall–Kier alpha value is -3.04. The minimum atomic E-state index is -0.444. The van der Waals surface area contributed by atoms with E-state index in [0.717, 1.165) is 4.70 Å². The van der Waals surface area contributed by atoms with Crippen molar-refractivity contribution in [2.24, 2.45) is 4.99 Å². The summed E-state index contributed by atoms with van der Waals surface area (Å²) >= 11 is 1.30. The van der Waals surface area contributed by atoms with Gasteiger partial charge in [0.05, 0.1) is 27.9 Å². The number of nitro benzene ring substituents is 1. The molecule has 0 fully saturated rings. The molecular formula is C20H21N3O5S. The molecule has 0 N–H and O–H groups in total. The van der Waals surface area contributed by atoms with E-state index in [9.17, 15) is 14.9 Å². The molecule has 8 nitrogen and oxygen atoms in total. The fourth-order valence-electron chi connectivity index (χ4n) is 2.75. The number of rotatable bonds is 7. The fraction of sp³-hybridized carbons (Fsp3) is 0.300. The van der Waals surface area contributed by atoms with Crippen molar-refractivity contribution in [2.75, 3.05) is 13.7 Å². The lowest BCUT2D eigenvalue weighted by Gasteiger charge is -2.09. The van der Waals surface area contributed by atoms with E-state index in [1.807, 2.05) is 13.8 Å². The molecule has 1 heterocycles. The molecule has 1 amide bonds. The van der Waals surface area contributed by atoms with Gasteiger partial charge in [-0.15, -0.1) is 0 Å². The number of non-ortho nitro benzene ring substituents is 1. The molecule has 0 saturated carbocycles. The van der Waals surface area contributed by atoms with Crippen LogP contribution in [0.25, 0.3) is 10.2 Å². The smallest absolute Gasteiger partial charge is 0.279 e. The number of carbonyl (C=O) groups is 1. The third kappa shape index (κ3) is 4.87. The number of ether oxygens (including phenoxy) is 2. The molecule has 0 saturated heterocycles. The second-order valence-corrected chi connectivity index (χ2v) is 7.56. The average molecular weight is 415 g/mol. The lowest BCUT2D eigenvalue weighted by Crippen LogP contribution is -2.19. The van der Waals surface area contributed by atoms with Gasteiger partial charge in [-0.2, -0.15) is 4.99 Å². The zero-order chi connectivity index (χ0) is 21.0. The summed E-state index contributed by atoms with van der Waals surface area (Å²) in [7, 11) is 1.57. The van der Waals surface area contributed by atoms with E-state index >= 15 is 0 Å². The van der Waals surface area contributed by atoms with Crippen LogP contribution < -0.4 is 9.54 Å². The average Bonchev–Trinajstić information content (AvgIpc) is 3.02. The number of carbonyl (C=O) groups excluding carboxylic acids is 1. The standard InChI is InChI=1S/C20H21N3O5S/c1-13(2)28-16-7-4-14(5-8-16)19(24)21-20-22(10-11-27-3)17-12-15(23(25)26)6-9-18(17)29-20/h4-9,12-13H,10-11H2,1-3H3. The Balaban J connectivity index is 2.01. The molecule has 0 bridgehead atoms. The van der Waals surface area contributed by atoms with Crippen molar-refractivity contribution >= 4 is 33.1 Å². The SMILES string of the molecule is COCCn1c(=NC(=O)c2ccc(OC(C)C)cc2)sc2ccc([N+](=O)[O-])cc21. The van der Waals surface area contributed by atoms with Crippen LogP contribution in [-0.2, 0) is 11.3 Å². The van der Waals surface area contributed by atoms with Crippen molar-refractivity contribution in [3.8, 4) is 5.75 Å². The minimum absolute atomic E-state index is 0.0138. The summed E-state index contributed by atoms with van der Waals surface area (Å²) in [4.78, 5) is 28.1. The number of nitrogens with zero attached hydrogens (tertiary/aromatic N) is 3. The molecule has 0 aliphatic rings. The van der Waals surface area contributed by atoms with Crippen LogP contribution in [0.4, 0.5) is 5.69 Å². The van der Waals surface area contributed by atoms with E-state index in [4.69, 9.17) is 9.47 Å². The molecule has 0 unspecified atom stereocenters. The highest BCUT2D eigenvalue weighted by atomic mass is 32.1. The van der Waals surface area contributed by atoms with Gasteiger partial charge in [-0.3, -0.25) is 14.9 Å². The number of methoxy groups -OCH3 is 1. The van der Waals surface area contributed by atoms with Gasteiger partial charge in [0.25, 0.3) is 11.6 Å². The van der Waals surface area contributed by atoms with Gasteiger partial charge in [0, 0.05) is 31.4 Å². The first-order valence-corrected chi connectivity index (χ1v) is 9.83. The maximum absolute atomic E-state index is 12.7. The van der Waals surface area contributed by atoms with Crippen LogP contribution in [0.3, 0.4) is 0 Å². The Morgan fingerprint density at radius 3 is 2.59 bits per heavy atom. The molecule has 3 aromatic rings. The Morgan fingerprint density at radius 2 is 1.97 bits per heavy atom. The first-order valence-electron chi connectivity index (χ1n) is 9.01. The normalized spacial score (nSPS) is 11.9. The molecular weight excluding hydrogens is 394 g/mol. The van der Waals surface area contributed by atoms with E-state index in [-0.39, 0.29) is 11.8 Å². The predicted molar refractivity (Wildman–Crippen MR) is 110 cm³/mol. The molecule has 1 aromatic heterocycles. The number of thiazole rings is 1. The molecule has 9 heteroatoms. The van der Waals surface area contributed by atoms with E-state index in [2.05, 4.69) is 4.99 Å². The lowest BCUT2D eigenvalue weighted by atomic mass is 10.2. The summed E-state index contributed by atoms with van der Waals surface area (Å²) in [5.74, 6) is 0.286. The molecule has 0 radical (unpaired) electrons. The quantitative estimate of drug-likeness (QED) is 0.432. The van der Waals surface area contributed by atoms with Crippen LogP contribution in [0, 0.1) is 10.1 Å². The molecule has 29 heavy (non-hydrogen) atoms. The molecule has 0 atom stereocenters. The molecule has 3 rings (SSSR count). The van der Waals surface area contributed by atoms with Gasteiger partial charge in [-0.25, -0.2) is 0 Å². The molecule has 0 spiro atoms. The predicted octanol–water partition coefficient (Wildman–Crippen LogP) is 3.79. The van der Waals surface area contributed by atoms with Gasteiger partial charge in [0.2, 0.25) is 0 Å². The first-order chi connectivity index (χ1) is 13.9. The van der Waals surface area contributed by atoms with Crippen molar-refractivity contribution in [3.63, 3.8) is 0 Å². The molecule has 0 aliphatic heterocycles. The summed E-state index contributed by atoms with van der Waals surface area (Å²) in [6.45, 7) is 4.67. The Kier molecular flexibility index (Phi) is 6.40. The van der Waals surface area contributed by atoms with Gasteiger partial charge in [0.15, 0.2) is 4.80 Å². The second kappa shape index (κ2) is 8.97. The highest BCUT2D eigenvalue weighted by Crippen LogP contribution is 2.23. The van der Waals surface area contributed by atoms with Crippen LogP contribution >= 0.6 is 11.3 Å². The summed E-state index contributed by atoms with van der Waals surface area (Å²) in [6, 6.07) is 11.4. The number of hydrogen-bond donors (Lipinski definition) is 0. The lowest BCUT2D eigenvalue weighted by molar-refractivity contribution is -0.384. The van der Waals surface area contributed by atoms with Crippen molar-refractivity contribution in [1.29, 1.82) is 0 Å². The van der Waals surface area contributed by atoms with Crippen molar-refractivity contribution in [1.82, 2.24) is 4.57 Å². The van der Waals surface area contributed by atoms with Crippen LogP contribution in [-0.4, -0.2) is 35.2 Å². The summed E-state index contributed by atoms with van der Waals surface area (Å²) in [5, 5.41) is 11.1. The number of aromatic nitrogens is 1. The van der Waals surface area contributed by atoms with Crippen LogP contribution in [0.15, 0.2) is 47.5 Å². The van der Waals surface area contributed by atoms with Gasteiger partial charge >= 0.3 is 0 Å². The van der Waals surface area contributed by atoms with E-state index in [1.54, 1.807) is 42.0 Å². The summed E-state index contributed by atoms with van der Waals surface area (Å²) in [6.07, 6.45) is 0.0450. The fourth-order valence-corrected chi connectivity index (χ4v) is 3.79. The van der Waals surface area contributed by atoms with Crippen molar-refractivity contribution in [3.05, 3.63) is 62.9 Å². The maximum atomic E-state index is 12.7. The summed E-state index contributed by atoms with van der Waals surface area (Å²) < 4.78 is 13.3. The van der Waals surface area contributed by atoms with E-state index in [0.29, 0.717) is 34.8 Å². The van der Waals surface area contributed by atoms with Gasteiger partial charge in [-0.1, -0.05) is 11.3 Å². The Labute approximate surface area is 171 Å². The van der Waals surface area contributed by atoms with Crippen molar-refractivity contribution < 1.29 is 19.2 Å². The van der Waals surface area contributed by atoms with Crippen molar-refractivity contribution in [2.45, 2.75) is 26.5 Å². The highest BCUT2D eigenvalue weighted by molar-refractivity contribution is 7.16. The third-order valence-electron chi connectivity index (χ3n) is 4.07. The van der Waals surface area contributed by atoms with E-state index < -0.39 is 10.8 Å². The molecule has 0 aliphatic carbocycles. The van der Waals surface area contributed by atoms with Gasteiger partial charge in [-0.05, 0) is 44.2 Å². The number of amides is 1. The zero-order valence-electron chi connectivity index (χ0n) is 16.3. The third-order valence-corrected chi connectivity index (χ3v) is 5.12. The highest BCUT2D eigenvalue weighted by Gasteiger charge is 2.13. The van der Waals surface area contributed by atoms with Crippen LogP contribution in [0.1, 0.15) is 24.2 Å². The minimum Gasteiger partial charge on any atom is -0.491 e. The van der Waals surface area contributed by atoms with E-state index in [1.165, 1.54) is 23.5 Å². The maximum Gasteiger partial charge on any atom is 0.279 e. The monoisotopic (exact) mass is 415 g/mol. The topological polar surface area (TPSA) is 96.0 Å². The van der Waals surface area contributed by atoms with Gasteiger partial charge < -0.3 is 14.0 Å². The molecule has 152 valence electrons. The van der Waals surface area contributed by atoms with Crippen LogP contribution in [0.2, 0.25) is 0 Å². The zero-order valence-corrected chi connectivity index (χ0v) is 17.1. The Morgan fingerprint density at radius 1 is 1.24 bits per heavy atom. The number of nitro groups is 1. The Bertz CT molecular complexity index is 1100. The van der Waals surface area contributed by atoms with Gasteiger partial charge in [0.1, 0.15) is 5.75 Å². The molecule has 2 aromatic carbocycles. The largest absolute Gasteiger partial charge is 0.491 e. The van der Waals surface area contributed by atoms with Crippen LogP contribution in [0.5, 0.6) is 5.75 Å². The first kappa shape index (κ1) is 20.7. The number of benzene rings is 2. The second-order valence-electron chi connectivity index (χ2n) is 6.55. The number of hydrogen-bond acceptors (Lipinski definition) is 6. The summed E-state index contributed by atoms with van der Waals surface area (Å²) in [5.41, 5.74) is 1.07.